The quantitative estimate of drug-likeness (QED) is 0.786. The number of amides is 1. The first-order valence-electron chi connectivity index (χ1n) is 5.39. The van der Waals surface area contributed by atoms with Crippen molar-refractivity contribution in [1.29, 1.82) is 0 Å². The molecular weight excluding hydrogens is 269 g/mol. The zero-order valence-corrected chi connectivity index (χ0v) is 11.1. The number of hydrogen-bond acceptors (Lipinski definition) is 4. The Morgan fingerprint density at radius 3 is 2.42 bits per heavy atom. The summed E-state index contributed by atoms with van der Waals surface area (Å²) in [5.41, 5.74) is 0.533. The normalized spacial score (nSPS) is 11.6. The number of benzene rings is 1. The van der Waals surface area contributed by atoms with Crippen molar-refractivity contribution >= 4 is 23.0 Å². The van der Waals surface area contributed by atoms with E-state index in [2.05, 4.69) is 10.1 Å². The van der Waals surface area contributed by atoms with Crippen LogP contribution in [0.3, 0.4) is 0 Å². The van der Waals surface area contributed by atoms with E-state index in [9.17, 15) is 14.0 Å². The first-order chi connectivity index (χ1) is 8.97. The minimum atomic E-state index is -0.394. The van der Waals surface area contributed by atoms with E-state index in [0.717, 1.165) is 11.3 Å². The molecule has 0 fully saturated rings. The van der Waals surface area contributed by atoms with Crippen LogP contribution >= 0.6 is 11.3 Å². The molecule has 5 nitrogen and oxygen atoms in total. The molecule has 0 bridgehead atoms. The Morgan fingerprint density at radius 2 is 1.89 bits per heavy atom. The van der Waals surface area contributed by atoms with Gasteiger partial charge < -0.3 is 0 Å². The summed E-state index contributed by atoms with van der Waals surface area (Å²) in [7, 11) is 0. The average Bonchev–Trinajstić information content (AvgIpc) is 2.73. The predicted octanol–water partition coefficient (Wildman–Crippen LogP) is 1.72. The van der Waals surface area contributed by atoms with E-state index in [1.54, 1.807) is 0 Å². The van der Waals surface area contributed by atoms with E-state index in [1.165, 1.54) is 42.8 Å². The minimum Gasteiger partial charge on any atom is -0.292 e. The maximum Gasteiger partial charge on any atom is 0.245 e. The summed E-state index contributed by atoms with van der Waals surface area (Å²) in [4.78, 5) is 26.5. The van der Waals surface area contributed by atoms with Gasteiger partial charge in [-0.05, 0) is 24.3 Å². The van der Waals surface area contributed by atoms with Gasteiger partial charge in [-0.2, -0.15) is 10.1 Å². The molecule has 0 N–H and O–H groups in total. The summed E-state index contributed by atoms with van der Waals surface area (Å²) >= 11 is 1.02. The summed E-state index contributed by atoms with van der Waals surface area (Å²) in [6.07, 6.45) is 0. The number of hydrogen-bond donors (Lipinski definition) is 0. The fourth-order valence-corrected chi connectivity index (χ4v) is 2.23. The van der Waals surface area contributed by atoms with Gasteiger partial charge in [0.2, 0.25) is 10.7 Å². The summed E-state index contributed by atoms with van der Waals surface area (Å²) in [6, 6.07) is 5.54. The molecule has 0 aliphatic carbocycles. The third kappa shape index (κ3) is 3.00. The highest BCUT2D eigenvalue weighted by atomic mass is 32.1. The first-order valence-corrected chi connectivity index (χ1v) is 6.21. The Kier molecular flexibility index (Phi) is 3.66. The fraction of sp³-hybridized carbons (Fsp3) is 0.167. The van der Waals surface area contributed by atoms with Crippen molar-refractivity contribution in [2.45, 2.75) is 13.8 Å². The Morgan fingerprint density at radius 1 is 1.26 bits per heavy atom. The molecule has 1 amide bonds. The van der Waals surface area contributed by atoms with Gasteiger partial charge in [-0.3, -0.25) is 9.59 Å². The highest BCUT2D eigenvalue weighted by molar-refractivity contribution is 7.11. The number of halogens is 1. The number of rotatable bonds is 2. The number of Topliss-reactive ketones (excluding diaryl/α,β-unsaturated/α-hetero) is 1. The van der Waals surface area contributed by atoms with Crippen LogP contribution in [0.5, 0.6) is 0 Å². The lowest BCUT2D eigenvalue weighted by Crippen LogP contribution is -2.15. The lowest BCUT2D eigenvalue weighted by molar-refractivity contribution is -0.116. The monoisotopic (exact) mass is 279 g/mol. The van der Waals surface area contributed by atoms with Gasteiger partial charge in [0.1, 0.15) is 5.82 Å². The molecule has 0 aliphatic rings. The van der Waals surface area contributed by atoms with E-state index in [4.69, 9.17) is 0 Å². The number of carbonyl (C=O) groups is 2. The highest BCUT2D eigenvalue weighted by Gasteiger charge is 2.11. The molecule has 0 spiro atoms. The second-order valence-corrected chi connectivity index (χ2v) is 4.72. The van der Waals surface area contributed by atoms with E-state index >= 15 is 0 Å². The summed E-state index contributed by atoms with van der Waals surface area (Å²) in [6.45, 7) is 2.69. The van der Waals surface area contributed by atoms with Crippen molar-refractivity contribution in [3.05, 3.63) is 39.9 Å². The highest BCUT2D eigenvalue weighted by Crippen LogP contribution is 2.09. The second kappa shape index (κ2) is 5.23. The van der Waals surface area contributed by atoms with Crippen LogP contribution in [-0.4, -0.2) is 21.5 Å². The molecule has 0 aliphatic heterocycles. The summed E-state index contributed by atoms with van der Waals surface area (Å²) in [5.74, 6) is -0.989. The van der Waals surface area contributed by atoms with Crippen LogP contribution in [0.1, 0.15) is 23.6 Å². The SMILES string of the molecule is CC(=O)N=c1sc(C(C)=O)nn1-c1ccc(F)cc1. The van der Waals surface area contributed by atoms with Crippen LogP contribution in [0.15, 0.2) is 29.3 Å². The van der Waals surface area contributed by atoms with Crippen LogP contribution in [-0.2, 0) is 4.79 Å². The van der Waals surface area contributed by atoms with Gasteiger partial charge >= 0.3 is 0 Å². The summed E-state index contributed by atoms with van der Waals surface area (Å²) in [5, 5.41) is 4.32. The van der Waals surface area contributed by atoms with E-state index in [1.807, 2.05) is 0 Å². The lowest BCUT2D eigenvalue weighted by Gasteiger charge is -1.99. The van der Waals surface area contributed by atoms with Crippen molar-refractivity contribution in [3.8, 4) is 5.69 Å². The largest absolute Gasteiger partial charge is 0.292 e. The topological polar surface area (TPSA) is 64.3 Å². The zero-order valence-electron chi connectivity index (χ0n) is 10.3. The number of ketones is 1. The minimum absolute atomic E-state index is 0.217. The second-order valence-electron chi connectivity index (χ2n) is 3.77. The maximum atomic E-state index is 12.9. The van der Waals surface area contributed by atoms with Gasteiger partial charge in [0.25, 0.3) is 0 Å². The Hall–Kier alpha value is -2.15. The number of nitrogens with zero attached hydrogens (tertiary/aromatic N) is 3. The van der Waals surface area contributed by atoms with Crippen molar-refractivity contribution < 1.29 is 14.0 Å². The van der Waals surface area contributed by atoms with Gasteiger partial charge in [0, 0.05) is 13.8 Å². The Balaban J connectivity index is 2.64. The van der Waals surface area contributed by atoms with Crippen LogP contribution < -0.4 is 4.80 Å². The van der Waals surface area contributed by atoms with Crippen molar-refractivity contribution in [1.82, 2.24) is 9.78 Å². The van der Waals surface area contributed by atoms with E-state index < -0.39 is 5.91 Å². The molecule has 0 saturated carbocycles. The molecule has 7 heteroatoms. The summed E-state index contributed by atoms with van der Waals surface area (Å²) < 4.78 is 14.2. The van der Waals surface area contributed by atoms with Crippen LogP contribution in [0.2, 0.25) is 0 Å². The standard InChI is InChI=1S/C12H10FN3O2S/c1-7(17)11-15-16(12(19-11)14-8(2)18)10-5-3-9(13)4-6-10/h3-6H,1-2H3. The number of carbonyl (C=O) groups excluding carboxylic acids is 2. The van der Waals surface area contributed by atoms with Crippen LogP contribution in [0.4, 0.5) is 4.39 Å². The fourth-order valence-electron chi connectivity index (χ4n) is 1.38. The first kappa shape index (κ1) is 13.3. The molecule has 1 aromatic carbocycles. The molecule has 0 saturated heterocycles. The molecule has 2 rings (SSSR count). The number of aromatic nitrogens is 2. The van der Waals surface area contributed by atoms with Gasteiger partial charge in [-0.25, -0.2) is 9.07 Å². The smallest absolute Gasteiger partial charge is 0.245 e. The van der Waals surface area contributed by atoms with E-state index in [-0.39, 0.29) is 21.4 Å². The van der Waals surface area contributed by atoms with E-state index in [0.29, 0.717) is 5.69 Å². The zero-order chi connectivity index (χ0) is 14.0. The van der Waals surface area contributed by atoms with Crippen molar-refractivity contribution in [2.24, 2.45) is 4.99 Å². The van der Waals surface area contributed by atoms with Crippen molar-refractivity contribution in [3.63, 3.8) is 0 Å². The molecule has 0 unspecified atom stereocenters. The third-order valence-electron chi connectivity index (χ3n) is 2.19. The van der Waals surface area contributed by atoms with Crippen molar-refractivity contribution in [2.75, 3.05) is 0 Å². The van der Waals surface area contributed by atoms with Gasteiger partial charge in [-0.1, -0.05) is 11.3 Å². The Labute approximate surface area is 112 Å². The van der Waals surface area contributed by atoms with Gasteiger partial charge in [0.05, 0.1) is 5.69 Å². The van der Waals surface area contributed by atoms with Crippen LogP contribution in [0.25, 0.3) is 5.69 Å². The Bertz CT molecular complexity index is 701. The van der Waals surface area contributed by atoms with Gasteiger partial charge in [0.15, 0.2) is 10.8 Å². The molecule has 0 atom stereocenters. The van der Waals surface area contributed by atoms with Gasteiger partial charge in [-0.15, -0.1) is 0 Å². The average molecular weight is 279 g/mol. The molecule has 0 radical (unpaired) electrons. The molecule has 1 heterocycles. The molecule has 1 aromatic heterocycles. The molecule has 19 heavy (non-hydrogen) atoms. The molecular formula is C12H10FN3O2S. The predicted molar refractivity (Wildman–Crippen MR) is 67.6 cm³/mol. The maximum absolute atomic E-state index is 12.9. The lowest BCUT2D eigenvalue weighted by atomic mass is 10.3. The third-order valence-corrected chi connectivity index (χ3v) is 3.19. The molecule has 2 aromatic rings. The molecule has 98 valence electrons. The van der Waals surface area contributed by atoms with Crippen LogP contribution in [0, 0.1) is 5.82 Å².